The molecule has 0 fully saturated rings. The molecule has 0 aliphatic heterocycles. The van der Waals surface area contributed by atoms with Gasteiger partial charge < -0.3 is 0 Å². The van der Waals surface area contributed by atoms with E-state index in [1.165, 1.54) is 41.2 Å². The molecule has 0 nitrogen and oxygen atoms in total. The first-order valence-electron chi connectivity index (χ1n) is 5.80. The molecule has 0 spiro atoms. The van der Waals surface area contributed by atoms with Crippen molar-refractivity contribution < 1.29 is 0 Å². The van der Waals surface area contributed by atoms with Crippen LogP contribution in [0.1, 0.15) is 30.9 Å². The summed E-state index contributed by atoms with van der Waals surface area (Å²) in [7, 11) is 0. The van der Waals surface area contributed by atoms with Crippen molar-refractivity contribution in [3.8, 4) is 0 Å². The Morgan fingerprint density at radius 1 is 0.933 bits per heavy atom. The second kappa shape index (κ2) is 4.48. The third kappa shape index (κ3) is 2.04. The van der Waals surface area contributed by atoms with Gasteiger partial charge in [0.25, 0.3) is 0 Å². The van der Waals surface area contributed by atoms with Crippen LogP contribution in [0, 0.1) is 6.92 Å². The predicted octanol–water partition coefficient (Wildman–Crippen LogP) is 4.49. The van der Waals surface area contributed by atoms with Crippen LogP contribution in [-0.2, 0) is 6.42 Å². The molecule has 0 aliphatic carbocycles. The maximum Gasteiger partial charge on any atom is -0.0149 e. The first kappa shape index (κ1) is 10.2. The molecule has 0 heteroatoms. The van der Waals surface area contributed by atoms with Crippen molar-refractivity contribution in [2.45, 2.75) is 33.1 Å². The fraction of sp³-hybridized carbons (Fsp3) is 0.333. The first-order valence-corrected chi connectivity index (χ1v) is 5.80. The van der Waals surface area contributed by atoms with Crippen molar-refractivity contribution in [3.05, 3.63) is 47.5 Å². The number of hydrogen-bond acceptors (Lipinski definition) is 0. The van der Waals surface area contributed by atoms with Crippen LogP contribution in [0.15, 0.2) is 36.4 Å². The maximum atomic E-state index is 2.29. The molecule has 0 saturated carbocycles. The van der Waals surface area contributed by atoms with Crippen molar-refractivity contribution in [2.75, 3.05) is 0 Å². The van der Waals surface area contributed by atoms with E-state index >= 15 is 0 Å². The van der Waals surface area contributed by atoms with Gasteiger partial charge >= 0.3 is 0 Å². The highest BCUT2D eigenvalue weighted by Gasteiger charge is 2.01. The largest absolute Gasteiger partial charge is 0.0654 e. The van der Waals surface area contributed by atoms with Crippen LogP contribution in [-0.4, -0.2) is 0 Å². The normalized spacial score (nSPS) is 10.8. The van der Waals surface area contributed by atoms with Gasteiger partial charge in [0.15, 0.2) is 0 Å². The van der Waals surface area contributed by atoms with E-state index in [1.807, 2.05) is 0 Å². The molecule has 0 bridgehead atoms. The number of benzene rings is 2. The quantitative estimate of drug-likeness (QED) is 0.681. The summed E-state index contributed by atoms with van der Waals surface area (Å²) in [6.45, 7) is 4.43. The number of aryl methyl sites for hydroxylation is 2. The number of fused-ring (bicyclic) bond motifs is 1. The van der Waals surface area contributed by atoms with Gasteiger partial charge in [-0.2, -0.15) is 0 Å². The molecule has 0 radical (unpaired) electrons. The Kier molecular flexibility index (Phi) is 3.05. The van der Waals surface area contributed by atoms with Crippen LogP contribution in [0.5, 0.6) is 0 Å². The standard InChI is InChI=1S/C15H18/c1-3-4-7-13-11-10-12(2)14-8-5-6-9-15(13)14/h5-6,8-11H,3-4,7H2,1-2H3. The third-order valence-corrected chi connectivity index (χ3v) is 3.03. The average Bonchev–Trinajstić information content (AvgIpc) is 2.29. The molecule has 0 N–H and O–H groups in total. The monoisotopic (exact) mass is 198 g/mol. The van der Waals surface area contributed by atoms with Gasteiger partial charge in [-0.25, -0.2) is 0 Å². The van der Waals surface area contributed by atoms with Crippen molar-refractivity contribution in [1.29, 1.82) is 0 Å². The first-order chi connectivity index (χ1) is 7.33. The van der Waals surface area contributed by atoms with Crippen LogP contribution in [0.4, 0.5) is 0 Å². The molecular formula is C15H18. The minimum absolute atomic E-state index is 1.21. The van der Waals surface area contributed by atoms with Crippen molar-refractivity contribution in [3.63, 3.8) is 0 Å². The minimum atomic E-state index is 1.21. The fourth-order valence-corrected chi connectivity index (χ4v) is 2.10. The second-order valence-corrected chi connectivity index (χ2v) is 4.19. The van der Waals surface area contributed by atoms with Gasteiger partial charge in [-0.05, 0) is 41.7 Å². The highest BCUT2D eigenvalue weighted by atomic mass is 14.1. The van der Waals surface area contributed by atoms with Crippen LogP contribution >= 0.6 is 0 Å². The maximum absolute atomic E-state index is 2.29. The zero-order valence-electron chi connectivity index (χ0n) is 9.59. The lowest BCUT2D eigenvalue weighted by Gasteiger charge is -2.08. The summed E-state index contributed by atoms with van der Waals surface area (Å²) in [5.74, 6) is 0. The average molecular weight is 198 g/mol. The summed E-state index contributed by atoms with van der Waals surface area (Å²) in [4.78, 5) is 0. The Morgan fingerprint density at radius 2 is 1.67 bits per heavy atom. The van der Waals surface area contributed by atoms with Crippen LogP contribution in [0.25, 0.3) is 10.8 Å². The summed E-state index contributed by atoms with van der Waals surface area (Å²) in [5, 5.41) is 2.84. The van der Waals surface area contributed by atoms with Crippen LogP contribution in [0.2, 0.25) is 0 Å². The van der Waals surface area contributed by atoms with Crippen LogP contribution < -0.4 is 0 Å². The molecule has 0 unspecified atom stereocenters. The smallest absolute Gasteiger partial charge is 0.0149 e. The van der Waals surface area contributed by atoms with Gasteiger partial charge in [-0.15, -0.1) is 0 Å². The summed E-state index contributed by atoms with van der Waals surface area (Å²) in [6, 6.07) is 13.3. The molecule has 2 aromatic carbocycles. The molecule has 0 aliphatic rings. The number of hydrogen-bond donors (Lipinski definition) is 0. The molecule has 0 atom stereocenters. The highest BCUT2D eigenvalue weighted by Crippen LogP contribution is 2.23. The lowest BCUT2D eigenvalue weighted by atomic mass is 9.97. The van der Waals surface area contributed by atoms with E-state index in [2.05, 4.69) is 50.2 Å². The van der Waals surface area contributed by atoms with Gasteiger partial charge in [-0.3, -0.25) is 0 Å². The molecular weight excluding hydrogens is 180 g/mol. The fourth-order valence-electron chi connectivity index (χ4n) is 2.10. The third-order valence-electron chi connectivity index (χ3n) is 3.03. The van der Waals surface area contributed by atoms with Gasteiger partial charge in [0.05, 0.1) is 0 Å². The van der Waals surface area contributed by atoms with Crippen molar-refractivity contribution in [2.24, 2.45) is 0 Å². The lowest BCUT2D eigenvalue weighted by Crippen LogP contribution is -1.88. The van der Waals surface area contributed by atoms with E-state index in [0.717, 1.165) is 0 Å². The van der Waals surface area contributed by atoms with Crippen molar-refractivity contribution >= 4 is 10.8 Å². The van der Waals surface area contributed by atoms with Crippen molar-refractivity contribution in [1.82, 2.24) is 0 Å². The highest BCUT2D eigenvalue weighted by molar-refractivity contribution is 5.88. The van der Waals surface area contributed by atoms with Gasteiger partial charge in [-0.1, -0.05) is 49.7 Å². The summed E-state index contributed by atoms with van der Waals surface area (Å²) in [5.41, 5.74) is 2.88. The minimum Gasteiger partial charge on any atom is -0.0654 e. The molecule has 78 valence electrons. The lowest BCUT2D eigenvalue weighted by molar-refractivity contribution is 0.799. The zero-order chi connectivity index (χ0) is 10.7. The molecule has 15 heavy (non-hydrogen) atoms. The molecule has 0 heterocycles. The summed E-state index contributed by atoms with van der Waals surface area (Å²) in [6.07, 6.45) is 3.76. The summed E-state index contributed by atoms with van der Waals surface area (Å²) >= 11 is 0. The van der Waals surface area contributed by atoms with E-state index < -0.39 is 0 Å². The van der Waals surface area contributed by atoms with Crippen LogP contribution in [0.3, 0.4) is 0 Å². The molecule has 0 aromatic heterocycles. The molecule has 0 amide bonds. The molecule has 2 aromatic rings. The topological polar surface area (TPSA) is 0 Å². The Hall–Kier alpha value is -1.30. The Morgan fingerprint density at radius 3 is 2.40 bits per heavy atom. The Labute approximate surface area is 91.9 Å². The van der Waals surface area contributed by atoms with Gasteiger partial charge in [0.1, 0.15) is 0 Å². The van der Waals surface area contributed by atoms with E-state index in [0.29, 0.717) is 0 Å². The number of rotatable bonds is 3. The Bertz CT molecular complexity index is 455. The van der Waals surface area contributed by atoms with E-state index in [1.54, 1.807) is 0 Å². The number of unbranched alkanes of at least 4 members (excludes halogenated alkanes) is 1. The predicted molar refractivity (Wildman–Crippen MR) is 67.3 cm³/mol. The SMILES string of the molecule is CCCCc1ccc(C)c2ccccc12. The van der Waals surface area contributed by atoms with Gasteiger partial charge in [0.2, 0.25) is 0 Å². The Balaban J connectivity index is 2.51. The van der Waals surface area contributed by atoms with E-state index in [4.69, 9.17) is 0 Å². The van der Waals surface area contributed by atoms with Gasteiger partial charge in [0, 0.05) is 0 Å². The second-order valence-electron chi connectivity index (χ2n) is 4.19. The molecule has 2 rings (SSSR count). The van der Waals surface area contributed by atoms with E-state index in [9.17, 15) is 0 Å². The molecule has 0 saturated heterocycles. The zero-order valence-corrected chi connectivity index (χ0v) is 9.59. The summed E-state index contributed by atoms with van der Waals surface area (Å²) < 4.78 is 0. The van der Waals surface area contributed by atoms with E-state index in [-0.39, 0.29) is 0 Å².